The molecule has 0 radical (unpaired) electrons. The number of benzene rings is 2. The van der Waals surface area contributed by atoms with Gasteiger partial charge in [0.1, 0.15) is 0 Å². The van der Waals surface area contributed by atoms with Crippen LogP contribution in [0.3, 0.4) is 0 Å². The number of rotatable bonds is 4. The van der Waals surface area contributed by atoms with Crippen molar-refractivity contribution in [1.82, 2.24) is 4.98 Å². The molecule has 0 fully saturated rings. The van der Waals surface area contributed by atoms with Crippen molar-refractivity contribution in [3.8, 4) is 0 Å². The highest BCUT2D eigenvalue weighted by molar-refractivity contribution is 8.00. The lowest BCUT2D eigenvalue weighted by Gasteiger charge is -2.13. The summed E-state index contributed by atoms with van der Waals surface area (Å²) in [6.07, 6.45) is 0. The summed E-state index contributed by atoms with van der Waals surface area (Å²) in [7, 11) is 0. The van der Waals surface area contributed by atoms with Gasteiger partial charge >= 0.3 is 0 Å². The van der Waals surface area contributed by atoms with Crippen molar-refractivity contribution in [2.45, 2.75) is 31.0 Å². The standard InChI is InChI=1S/C20H20N2OS/c1-13-8-7-11-17-14(2)12-18(22-19(13)17)24-15(3)20(23)21-16-9-5-4-6-10-16/h4-12,15H,1-3H3,(H,21,23)/t15-/m0/s1. The Labute approximate surface area is 146 Å². The molecule has 3 aromatic rings. The van der Waals surface area contributed by atoms with Crippen LogP contribution in [0.25, 0.3) is 10.9 Å². The molecule has 0 bridgehead atoms. The van der Waals surface area contributed by atoms with E-state index in [-0.39, 0.29) is 11.2 Å². The fourth-order valence-corrected chi connectivity index (χ4v) is 3.51. The number of carbonyl (C=O) groups is 1. The number of hydrogen-bond donors (Lipinski definition) is 1. The molecule has 0 aliphatic rings. The Hall–Kier alpha value is -2.33. The van der Waals surface area contributed by atoms with Gasteiger partial charge < -0.3 is 5.32 Å². The van der Waals surface area contributed by atoms with Crippen molar-refractivity contribution < 1.29 is 4.79 Å². The average molecular weight is 336 g/mol. The molecule has 3 rings (SSSR count). The van der Waals surface area contributed by atoms with E-state index in [1.165, 1.54) is 22.7 Å². The summed E-state index contributed by atoms with van der Waals surface area (Å²) in [5.41, 5.74) is 4.16. The molecule has 1 aromatic heterocycles. The Balaban J connectivity index is 1.79. The van der Waals surface area contributed by atoms with Crippen LogP contribution in [0.15, 0.2) is 59.6 Å². The molecule has 1 N–H and O–H groups in total. The fraction of sp³-hybridized carbons (Fsp3) is 0.200. The van der Waals surface area contributed by atoms with Crippen LogP contribution in [0.2, 0.25) is 0 Å². The molecule has 1 amide bonds. The van der Waals surface area contributed by atoms with E-state index in [2.05, 4.69) is 43.4 Å². The summed E-state index contributed by atoms with van der Waals surface area (Å²) in [6, 6.07) is 17.8. The molecule has 4 heteroatoms. The third kappa shape index (κ3) is 3.60. The van der Waals surface area contributed by atoms with E-state index in [1.54, 1.807) is 0 Å². The zero-order valence-electron chi connectivity index (χ0n) is 14.0. The predicted octanol–water partition coefficient (Wildman–Crippen LogP) is 4.97. The molecule has 0 saturated heterocycles. The summed E-state index contributed by atoms with van der Waals surface area (Å²) >= 11 is 1.49. The van der Waals surface area contributed by atoms with Gasteiger partial charge in [-0.05, 0) is 50.1 Å². The first-order valence-electron chi connectivity index (χ1n) is 7.94. The van der Waals surface area contributed by atoms with Gasteiger partial charge in [-0.3, -0.25) is 4.79 Å². The van der Waals surface area contributed by atoms with Crippen LogP contribution in [0.5, 0.6) is 0 Å². The minimum absolute atomic E-state index is 0.0180. The number of pyridine rings is 1. The monoisotopic (exact) mass is 336 g/mol. The van der Waals surface area contributed by atoms with Crippen LogP contribution < -0.4 is 5.32 Å². The first kappa shape index (κ1) is 16.5. The van der Waals surface area contributed by atoms with Gasteiger partial charge in [-0.15, -0.1) is 0 Å². The molecular weight excluding hydrogens is 316 g/mol. The van der Waals surface area contributed by atoms with Crippen molar-refractivity contribution >= 4 is 34.3 Å². The van der Waals surface area contributed by atoms with E-state index in [0.29, 0.717) is 0 Å². The lowest BCUT2D eigenvalue weighted by molar-refractivity contribution is -0.115. The Morgan fingerprint density at radius 1 is 1.04 bits per heavy atom. The number of nitrogens with one attached hydrogen (secondary N) is 1. The van der Waals surface area contributed by atoms with E-state index >= 15 is 0 Å². The Bertz CT molecular complexity index is 877. The van der Waals surface area contributed by atoms with Crippen LogP contribution >= 0.6 is 11.8 Å². The van der Waals surface area contributed by atoms with Crippen molar-refractivity contribution in [2.24, 2.45) is 0 Å². The third-order valence-electron chi connectivity index (χ3n) is 3.93. The maximum Gasteiger partial charge on any atom is 0.237 e. The second-order valence-electron chi connectivity index (χ2n) is 5.86. The molecule has 0 aliphatic heterocycles. The number of fused-ring (bicyclic) bond motifs is 1. The van der Waals surface area contributed by atoms with Crippen LogP contribution in [0.4, 0.5) is 5.69 Å². The first-order chi connectivity index (χ1) is 11.5. The Morgan fingerprint density at radius 2 is 1.79 bits per heavy atom. The number of nitrogens with zero attached hydrogens (tertiary/aromatic N) is 1. The minimum Gasteiger partial charge on any atom is -0.325 e. The maximum absolute atomic E-state index is 12.4. The fourth-order valence-electron chi connectivity index (χ4n) is 2.59. The van der Waals surface area contributed by atoms with Crippen LogP contribution in [0.1, 0.15) is 18.1 Å². The zero-order chi connectivity index (χ0) is 17.1. The normalized spacial score (nSPS) is 12.1. The van der Waals surface area contributed by atoms with Crippen molar-refractivity contribution in [2.75, 3.05) is 5.32 Å². The molecule has 2 aromatic carbocycles. The summed E-state index contributed by atoms with van der Waals surface area (Å²) < 4.78 is 0. The number of hydrogen-bond acceptors (Lipinski definition) is 3. The third-order valence-corrected chi connectivity index (χ3v) is 4.95. The van der Waals surface area contributed by atoms with Gasteiger partial charge in [0.2, 0.25) is 5.91 Å². The van der Waals surface area contributed by atoms with E-state index in [0.717, 1.165) is 21.8 Å². The topological polar surface area (TPSA) is 42.0 Å². The van der Waals surface area contributed by atoms with Gasteiger partial charge in [-0.2, -0.15) is 0 Å². The molecule has 122 valence electrons. The largest absolute Gasteiger partial charge is 0.325 e. The number of anilines is 1. The lowest BCUT2D eigenvalue weighted by atomic mass is 10.1. The lowest BCUT2D eigenvalue weighted by Crippen LogP contribution is -2.22. The molecule has 1 atom stereocenters. The number of carbonyl (C=O) groups excluding carboxylic acids is 1. The number of thioether (sulfide) groups is 1. The molecule has 24 heavy (non-hydrogen) atoms. The van der Waals surface area contributed by atoms with Gasteiger partial charge in [-0.25, -0.2) is 4.98 Å². The second kappa shape index (κ2) is 7.05. The SMILES string of the molecule is Cc1cc(S[C@@H](C)C(=O)Nc2ccccc2)nc2c(C)cccc12. The molecule has 1 heterocycles. The molecule has 3 nitrogen and oxygen atoms in total. The quantitative estimate of drug-likeness (QED) is 0.684. The highest BCUT2D eigenvalue weighted by Crippen LogP contribution is 2.28. The average Bonchev–Trinajstić information content (AvgIpc) is 2.57. The van der Waals surface area contributed by atoms with E-state index in [9.17, 15) is 4.79 Å². The predicted molar refractivity (Wildman–Crippen MR) is 102 cm³/mol. The minimum atomic E-state index is -0.224. The molecule has 0 unspecified atom stereocenters. The Morgan fingerprint density at radius 3 is 2.54 bits per heavy atom. The van der Waals surface area contributed by atoms with Gasteiger partial charge in [0.25, 0.3) is 0 Å². The highest BCUT2D eigenvalue weighted by Gasteiger charge is 2.16. The highest BCUT2D eigenvalue weighted by atomic mass is 32.2. The van der Waals surface area contributed by atoms with Crippen molar-refractivity contribution in [1.29, 1.82) is 0 Å². The van der Waals surface area contributed by atoms with E-state index in [1.807, 2.05) is 37.3 Å². The molecule has 0 saturated carbocycles. The Kier molecular flexibility index (Phi) is 4.86. The van der Waals surface area contributed by atoms with E-state index in [4.69, 9.17) is 4.98 Å². The summed E-state index contributed by atoms with van der Waals surface area (Å²) in [6.45, 7) is 6.05. The number of aromatic nitrogens is 1. The number of aryl methyl sites for hydroxylation is 2. The van der Waals surface area contributed by atoms with Crippen LogP contribution in [-0.2, 0) is 4.79 Å². The molecular formula is C20H20N2OS. The van der Waals surface area contributed by atoms with Gasteiger partial charge in [0.15, 0.2) is 0 Å². The van der Waals surface area contributed by atoms with Crippen molar-refractivity contribution in [3.63, 3.8) is 0 Å². The summed E-state index contributed by atoms with van der Waals surface area (Å²) in [5.74, 6) is -0.0180. The molecule has 0 aliphatic carbocycles. The summed E-state index contributed by atoms with van der Waals surface area (Å²) in [5, 5.41) is 4.76. The molecule has 0 spiro atoms. The second-order valence-corrected chi connectivity index (χ2v) is 7.22. The van der Waals surface area contributed by atoms with Gasteiger partial charge in [0, 0.05) is 11.1 Å². The van der Waals surface area contributed by atoms with Gasteiger partial charge in [-0.1, -0.05) is 48.2 Å². The zero-order valence-corrected chi connectivity index (χ0v) is 14.9. The summed E-state index contributed by atoms with van der Waals surface area (Å²) in [4.78, 5) is 17.1. The maximum atomic E-state index is 12.4. The first-order valence-corrected chi connectivity index (χ1v) is 8.82. The van der Waals surface area contributed by atoms with Crippen molar-refractivity contribution in [3.05, 3.63) is 65.7 Å². The van der Waals surface area contributed by atoms with Crippen LogP contribution in [0, 0.1) is 13.8 Å². The van der Waals surface area contributed by atoms with E-state index < -0.39 is 0 Å². The van der Waals surface area contributed by atoms with Crippen LogP contribution in [-0.4, -0.2) is 16.1 Å². The smallest absolute Gasteiger partial charge is 0.237 e. The number of amides is 1. The number of para-hydroxylation sites is 2. The van der Waals surface area contributed by atoms with Gasteiger partial charge in [0.05, 0.1) is 15.8 Å².